The Bertz CT molecular complexity index is 1370. The Morgan fingerprint density at radius 1 is 1.00 bits per heavy atom. The lowest BCUT2D eigenvalue weighted by molar-refractivity contribution is 0.229. The first kappa shape index (κ1) is 21.9. The van der Waals surface area contributed by atoms with Gasteiger partial charge in [-0.1, -0.05) is 23.2 Å². The Labute approximate surface area is 197 Å². The van der Waals surface area contributed by atoms with E-state index in [2.05, 4.69) is 4.90 Å². The van der Waals surface area contributed by atoms with Crippen molar-refractivity contribution in [3.63, 3.8) is 0 Å². The molecule has 32 heavy (non-hydrogen) atoms. The Balaban J connectivity index is 1.92. The third-order valence-corrected chi connectivity index (χ3v) is 7.63. The smallest absolute Gasteiger partial charge is 0.306 e. The zero-order valence-corrected chi connectivity index (χ0v) is 20.3. The van der Waals surface area contributed by atoms with E-state index >= 15 is 0 Å². The molecule has 1 saturated heterocycles. The molecule has 9 heteroatoms. The molecule has 0 spiro atoms. The van der Waals surface area contributed by atoms with E-state index in [1.807, 2.05) is 12.1 Å². The molecule has 0 N–H and O–H groups in total. The Hall–Kier alpha value is -1.93. The average Bonchev–Trinajstić information content (AvgIpc) is 3.21. The summed E-state index contributed by atoms with van der Waals surface area (Å²) in [4.78, 5) is 2.52. The maximum atomic E-state index is 11.9. The number of nitrogens with zero attached hydrogens (tertiary/aromatic N) is 1. The number of fused-ring (bicyclic) bond motifs is 7. The van der Waals surface area contributed by atoms with Crippen molar-refractivity contribution in [3.8, 4) is 17.2 Å². The van der Waals surface area contributed by atoms with Crippen molar-refractivity contribution in [2.24, 2.45) is 0 Å². The van der Waals surface area contributed by atoms with E-state index in [1.165, 1.54) is 17.5 Å². The minimum absolute atomic E-state index is 0.0577. The molecule has 5 rings (SSSR count). The summed E-state index contributed by atoms with van der Waals surface area (Å²) >= 11 is 13.3. The van der Waals surface area contributed by atoms with Crippen molar-refractivity contribution in [1.82, 2.24) is 4.90 Å². The van der Waals surface area contributed by atoms with Crippen LogP contribution in [-0.2, 0) is 23.1 Å². The molecule has 1 fully saturated rings. The molecule has 3 aromatic carbocycles. The highest BCUT2D eigenvalue weighted by molar-refractivity contribution is 7.86. The van der Waals surface area contributed by atoms with Crippen LogP contribution in [0.5, 0.6) is 17.2 Å². The van der Waals surface area contributed by atoms with Crippen LogP contribution in [0.2, 0.25) is 10.0 Å². The zero-order chi connectivity index (χ0) is 22.8. The summed E-state index contributed by atoms with van der Waals surface area (Å²) in [6.45, 7) is 1.92. The summed E-state index contributed by atoms with van der Waals surface area (Å²) in [7, 11) is -0.628. The molecular weight excluding hydrogens is 473 g/mol. The van der Waals surface area contributed by atoms with Gasteiger partial charge in [0.15, 0.2) is 17.2 Å². The van der Waals surface area contributed by atoms with Gasteiger partial charge in [0.2, 0.25) is 0 Å². The summed E-state index contributed by atoms with van der Waals surface area (Å²) in [5.41, 5.74) is 2.41. The molecule has 2 aliphatic rings. The van der Waals surface area contributed by atoms with Crippen LogP contribution in [0.3, 0.4) is 0 Å². The largest absolute Gasteiger partial charge is 0.493 e. The average molecular weight is 496 g/mol. The van der Waals surface area contributed by atoms with Gasteiger partial charge in [0.05, 0.1) is 30.5 Å². The molecule has 0 unspecified atom stereocenters. The maximum Gasteiger partial charge on any atom is 0.306 e. The second kappa shape index (κ2) is 7.83. The highest BCUT2D eigenvalue weighted by atomic mass is 35.5. The van der Waals surface area contributed by atoms with Crippen molar-refractivity contribution in [3.05, 3.63) is 39.4 Å². The first-order chi connectivity index (χ1) is 15.2. The number of hydrogen-bond donors (Lipinski definition) is 0. The molecule has 2 heterocycles. The Morgan fingerprint density at radius 2 is 1.69 bits per heavy atom. The van der Waals surface area contributed by atoms with Gasteiger partial charge in [-0.25, -0.2) is 0 Å². The lowest BCUT2D eigenvalue weighted by Gasteiger charge is -2.34. The van der Waals surface area contributed by atoms with Gasteiger partial charge >= 0.3 is 10.1 Å². The second-order valence-electron chi connectivity index (χ2n) is 8.39. The van der Waals surface area contributed by atoms with E-state index in [-0.39, 0.29) is 15.8 Å². The standard InChI is InChI=1S/C23H23Cl2NO5S/c1-29-19-9-14-16(10-20(19)30-2)21-15(8-18(24)23(22(21)25)31-32(3,27)28)13-7-12-5-4-6-26(12)11-17(13)14/h8-10,12H,4-7,11H2,1-3H3/t12-/m0/s1. The van der Waals surface area contributed by atoms with Crippen molar-refractivity contribution in [1.29, 1.82) is 0 Å². The predicted octanol–water partition coefficient (Wildman–Crippen LogP) is 5.18. The van der Waals surface area contributed by atoms with Gasteiger partial charge < -0.3 is 13.7 Å². The molecule has 2 aliphatic heterocycles. The van der Waals surface area contributed by atoms with Crippen LogP contribution in [0.1, 0.15) is 24.0 Å². The van der Waals surface area contributed by atoms with E-state index in [0.29, 0.717) is 22.9 Å². The molecule has 0 radical (unpaired) electrons. The number of benzene rings is 3. The van der Waals surface area contributed by atoms with Crippen molar-refractivity contribution in [2.45, 2.75) is 31.8 Å². The third-order valence-electron chi connectivity index (χ3n) is 6.52. The van der Waals surface area contributed by atoms with E-state index in [4.69, 9.17) is 36.9 Å². The highest BCUT2D eigenvalue weighted by Crippen LogP contribution is 2.49. The minimum atomic E-state index is -3.82. The van der Waals surface area contributed by atoms with E-state index in [0.717, 1.165) is 48.3 Å². The lowest BCUT2D eigenvalue weighted by Crippen LogP contribution is -2.35. The minimum Gasteiger partial charge on any atom is -0.493 e. The summed E-state index contributed by atoms with van der Waals surface area (Å²) in [6, 6.07) is 6.12. The van der Waals surface area contributed by atoms with Crippen molar-refractivity contribution in [2.75, 3.05) is 27.0 Å². The summed E-state index contributed by atoms with van der Waals surface area (Å²) < 4.78 is 40.0. The molecule has 0 amide bonds. The van der Waals surface area contributed by atoms with Gasteiger partial charge in [-0.2, -0.15) is 8.42 Å². The Kier molecular flexibility index (Phi) is 5.36. The maximum absolute atomic E-state index is 11.9. The van der Waals surface area contributed by atoms with Gasteiger partial charge in [-0.05, 0) is 71.3 Å². The highest BCUT2D eigenvalue weighted by Gasteiger charge is 2.33. The van der Waals surface area contributed by atoms with Crippen LogP contribution >= 0.6 is 23.2 Å². The predicted molar refractivity (Wildman–Crippen MR) is 127 cm³/mol. The fourth-order valence-corrected chi connectivity index (χ4v) is 6.38. The fourth-order valence-electron chi connectivity index (χ4n) is 5.18. The lowest BCUT2D eigenvalue weighted by atomic mass is 9.85. The zero-order valence-electron chi connectivity index (χ0n) is 18.0. The summed E-state index contributed by atoms with van der Waals surface area (Å²) in [6.07, 6.45) is 4.19. The molecule has 0 aliphatic carbocycles. The van der Waals surface area contributed by atoms with Crippen LogP contribution in [0.4, 0.5) is 0 Å². The van der Waals surface area contributed by atoms with E-state index < -0.39 is 10.1 Å². The topological polar surface area (TPSA) is 65.1 Å². The van der Waals surface area contributed by atoms with Gasteiger partial charge in [-0.15, -0.1) is 0 Å². The van der Waals surface area contributed by atoms with Crippen LogP contribution in [-0.4, -0.2) is 46.4 Å². The van der Waals surface area contributed by atoms with Gasteiger partial charge in [-0.3, -0.25) is 4.90 Å². The molecule has 0 saturated carbocycles. The van der Waals surface area contributed by atoms with Crippen LogP contribution in [0, 0.1) is 0 Å². The van der Waals surface area contributed by atoms with Crippen LogP contribution in [0.25, 0.3) is 21.5 Å². The quantitative estimate of drug-likeness (QED) is 0.367. The molecule has 0 aromatic heterocycles. The number of halogens is 2. The molecule has 0 bridgehead atoms. The first-order valence-corrected chi connectivity index (χ1v) is 12.9. The number of hydrogen-bond acceptors (Lipinski definition) is 6. The van der Waals surface area contributed by atoms with E-state index in [9.17, 15) is 8.42 Å². The Morgan fingerprint density at radius 3 is 2.34 bits per heavy atom. The van der Waals surface area contributed by atoms with Crippen molar-refractivity contribution >= 4 is 54.9 Å². The van der Waals surface area contributed by atoms with Crippen molar-refractivity contribution < 1.29 is 22.1 Å². The monoisotopic (exact) mass is 495 g/mol. The van der Waals surface area contributed by atoms with Crippen LogP contribution < -0.4 is 13.7 Å². The summed E-state index contributed by atoms with van der Waals surface area (Å²) in [5.74, 6) is 1.13. The SMILES string of the molecule is COc1cc2c3c(c4cc(Cl)c(OS(C)(=O)=O)c(Cl)c4c2cc1OC)C[C@@H]1CCCN1C3. The van der Waals surface area contributed by atoms with Crippen LogP contribution in [0.15, 0.2) is 18.2 Å². The number of methoxy groups -OCH3 is 2. The number of rotatable bonds is 4. The molecular formula is C23H23Cl2NO5S. The van der Waals surface area contributed by atoms with Gasteiger partial charge in [0, 0.05) is 18.0 Å². The third kappa shape index (κ3) is 3.46. The van der Waals surface area contributed by atoms with Gasteiger partial charge in [0.1, 0.15) is 0 Å². The summed E-state index contributed by atoms with van der Waals surface area (Å²) in [5, 5.41) is 3.81. The molecule has 6 nitrogen and oxygen atoms in total. The number of ether oxygens (including phenoxy) is 2. The molecule has 1 atom stereocenters. The van der Waals surface area contributed by atoms with E-state index in [1.54, 1.807) is 20.3 Å². The molecule has 3 aromatic rings. The first-order valence-electron chi connectivity index (χ1n) is 10.4. The van der Waals surface area contributed by atoms with Gasteiger partial charge in [0.25, 0.3) is 0 Å². The fraction of sp³-hybridized carbons (Fsp3) is 0.391. The second-order valence-corrected chi connectivity index (χ2v) is 10.8. The normalized spacial score (nSPS) is 18.6. The molecule has 170 valence electrons.